The third kappa shape index (κ3) is 4.44. The second-order valence-corrected chi connectivity index (χ2v) is 6.01. The van der Waals surface area contributed by atoms with Gasteiger partial charge in [-0.2, -0.15) is 8.78 Å². The van der Waals surface area contributed by atoms with Crippen molar-refractivity contribution in [3.05, 3.63) is 52.5 Å². The van der Waals surface area contributed by atoms with Crippen LogP contribution in [0.2, 0.25) is 0 Å². The molecule has 0 aromatic heterocycles. The van der Waals surface area contributed by atoms with Gasteiger partial charge in [-0.25, -0.2) is 0 Å². The molecule has 2 aromatic rings. The molecule has 0 unspecified atom stereocenters. The zero-order valence-corrected chi connectivity index (χ0v) is 13.0. The van der Waals surface area contributed by atoms with Crippen LogP contribution < -0.4 is 11.1 Å². The summed E-state index contributed by atoms with van der Waals surface area (Å²) in [5, 5.41) is 2.69. The molecule has 21 heavy (non-hydrogen) atoms. The summed E-state index contributed by atoms with van der Waals surface area (Å²) in [6.07, 6.45) is 0. The van der Waals surface area contributed by atoms with Gasteiger partial charge in [-0.15, -0.1) is 0 Å². The van der Waals surface area contributed by atoms with Crippen LogP contribution in [0.1, 0.15) is 10.4 Å². The number of anilines is 2. The Labute approximate surface area is 133 Å². The smallest absolute Gasteiger partial charge is 0.288 e. The van der Waals surface area contributed by atoms with Crippen LogP contribution in [-0.2, 0) is 0 Å². The monoisotopic (exact) mass is 372 g/mol. The van der Waals surface area contributed by atoms with E-state index in [0.29, 0.717) is 38.1 Å². The summed E-state index contributed by atoms with van der Waals surface area (Å²) < 4.78 is 25.0. The Morgan fingerprint density at radius 1 is 1.19 bits per heavy atom. The lowest BCUT2D eigenvalue weighted by molar-refractivity contribution is 0.102. The van der Waals surface area contributed by atoms with Crippen molar-refractivity contribution in [1.29, 1.82) is 0 Å². The number of nitrogen functional groups attached to an aromatic ring is 1. The Kier molecular flexibility index (Phi) is 5.19. The van der Waals surface area contributed by atoms with Gasteiger partial charge in [0.2, 0.25) is 0 Å². The number of amides is 1. The van der Waals surface area contributed by atoms with Gasteiger partial charge in [0, 0.05) is 26.3 Å². The number of alkyl halides is 2. The lowest BCUT2D eigenvalue weighted by atomic mass is 10.2. The highest BCUT2D eigenvalue weighted by molar-refractivity contribution is 9.10. The molecule has 110 valence electrons. The van der Waals surface area contributed by atoms with E-state index in [1.54, 1.807) is 30.3 Å². The summed E-state index contributed by atoms with van der Waals surface area (Å²) in [7, 11) is 0. The number of carbonyl (C=O) groups excluding carboxylic acids is 1. The van der Waals surface area contributed by atoms with Crippen molar-refractivity contribution in [2.75, 3.05) is 11.1 Å². The lowest BCUT2D eigenvalue weighted by Crippen LogP contribution is -2.12. The first-order chi connectivity index (χ1) is 9.95. The number of carbonyl (C=O) groups is 1. The molecule has 0 fully saturated rings. The quantitative estimate of drug-likeness (QED) is 0.609. The summed E-state index contributed by atoms with van der Waals surface area (Å²) in [4.78, 5) is 12.5. The molecule has 0 saturated carbocycles. The SMILES string of the molecule is Nc1ccc(C(=O)Nc2ccc(SC(F)F)cc2)cc1Br. The van der Waals surface area contributed by atoms with Crippen molar-refractivity contribution in [3.8, 4) is 0 Å². The van der Waals surface area contributed by atoms with E-state index in [1.807, 2.05) is 0 Å². The predicted octanol–water partition coefficient (Wildman–Crippen LogP) is 4.60. The van der Waals surface area contributed by atoms with E-state index < -0.39 is 5.76 Å². The number of nitrogens with one attached hydrogen (secondary N) is 1. The highest BCUT2D eigenvalue weighted by Crippen LogP contribution is 2.26. The minimum absolute atomic E-state index is 0.301. The van der Waals surface area contributed by atoms with E-state index in [9.17, 15) is 13.6 Å². The van der Waals surface area contributed by atoms with Gasteiger partial charge in [0.15, 0.2) is 0 Å². The topological polar surface area (TPSA) is 55.1 Å². The molecular formula is C14H11BrF2N2OS. The molecule has 0 saturated heterocycles. The van der Waals surface area contributed by atoms with Gasteiger partial charge in [-0.3, -0.25) is 4.79 Å². The minimum atomic E-state index is -2.46. The Hall–Kier alpha value is -1.60. The number of benzene rings is 2. The zero-order chi connectivity index (χ0) is 15.4. The van der Waals surface area contributed by atoms with Crippen molar-refractivity contribution in [1.82, 2.24) is 0 Å². The molecule has 0 aliphatic heterocycles. The molecular weight excluding hydrogens is 362 g/mol. The first-order valence-corrected chi connectivity index (χ1v) is 7.54. The van der Waals surface area contributed by atoms with Gasteiger partial charge >= 0.3 is 0 Å². The molecule has 3 nitrogen and oxygen atoms in total. The van der Waals surface area contributed by atoms with Gasteiger partial charge < -0.3 is 11.1 Å². The first kappa shape index (κ1) is 15.8. The Morgan fingerprint density at radius 2 is 1.86 bits per heavy atom. The van der Waals surface area contributed by atoms with E-state index in [1.165, 1.54) is 12.1 Å². The van der Waals surface area contributed by atoms with Crippen molar-refractivity contribution >= 4 is 45.0 Å². The van der Waals surface area contributed by atoms with Crippen LogP contribution in [-0.4, -0.2) is 11.7 Å². The second-order valence-electron chi connectivity index (χ2n) is 4.09. The Balaban J connectivity index is 2.06. The molecule has 0 aliphatic rings. The third-order valence-corrected chi connectivity index (χ3v) is 4.01. The van der Waals surface area contributed by atoms with Crippen LogP contribution in [0, 0.1) is 0 Å². The Bertz CT molecular complexity index is 650. The van der Waals surface area contributed by atoms with Gasteiger partial charge in [-0.1, -0.05) is 11.8 Å². The highest BCUT2D eigenvalue weighted by Gasteiger charge is 2.09. The molecule has 7 heteroatoms. The molecule has 0 heterocycles. The molecule has 0 radical (unpaired) electrons. The van der Waals surface area contributed by atoms with Gasteiger partial charge in [0.1, 0.15) is 0 Å². The van der Waals surface area contributed by atoms with Crippen LogP contribution >= 0.6 is 27.7 Å². The third-order valence-electron chi connectivity index (χ3n) is 2.60. The predicted molar refractivity (Wildman–Crippen MR) is 84.8 cm³/mol. The number of rotatable bonds is 4. The zero-order valence-electron chi connectivity index (χ0n) is 10.6. The molecule has 2 rings (SSSR count). The maximum Gasteiger partial charge on any atom is 0.288 e. The number of halogens is 3. The lowest BCUT2D eigenvalue weighted by Gasteiger charge is -2.07. The Morgan fingerprint density at radius 3 is 2.43 bits per heavy atom. The summed E-state index contributed by atoms with van der Waals surface area (Å²) in [6.45, 7) is 0. The molecule has 0 aliphatic carbocycles. The number of hydrogen-bond donors (Lipinski definition) is 2. The minimum Gasteiger partial charge on any atom is -0.398 e. The summed E-state index contributed by atoms with van der Waals surface area (Å²) in [5.74, 6) is -2.76. The highest BCUT2D eigenvalue weighted by atomic mass is 79.9. The fourth-order valence-electron chi connectivity index (χ4n) is 1.59. The molecule has 1 amide bonds. The van der Waals surface area contributed by atoms with Crippen molar-refractivity contribution in [2.24, 2.45) is 0 Å². The summed E-state index contributed by atoms with van der Waals surface area (Å²) in [5.41, 5.74) is 7.18. The molecule has 3 N–H and O–H groups in total. The van der Waals surface area contributed by atoms with Crippen molar-refractivity contribution in [2.45, 2.75) is 10.7 Å². The maximum atomic E-state index is 12.2. The van der Waals surface area contributed by atoms with Gasteiger partial charge in [0.05, 0.1) is 0 Å². The maximum absolute atomic E-state index is 12.2. The van der Waals surface area contributed by atoms with E-state index in [2.05, 4.69) is 21.2 Å². The fourth-order valence-corrected chi connectivity index (χ4v) is 2.47. The summed E-state index contributed by atoms with van der Waals surface area (Å²) in [6, 6.07) is 11.1. The van der Waals surface area contributed by atoms with E-state index >= 15 is 0 Å². The number of hydrogen-bond acceptors (Lipinski definition) is 3. The standard InChI is InChI=1S/C14H11BrF2N2OS/c15-11-7-8(1-6-12(11)18)13(20)19-9-2-4-10(5-3-9)21-14(16)17/h1-7,14H,18H2,(H,19,20). The van der Waals surface area contributed by atoms with Crippen LogP contribution in [0.3, 0.4) is 0 Å². The average Bonchev–Trinajstić information content (AvgIpc) is 2.43. The van der Waals surface area contributed by atoms with E-state index in [4.69, 9.17) is 5.73 Å². The molecule has 0 atom stereocenters. The summed E-state index contributed by atoms with van der Waals surface area (Å²) >= 11 is 3.71. The molecule has 0 bridgehead atoms. The van der Waals surface area contributed by atoms with Gasteiger partial charge in [0.25, 0.3) is 11.7 Å². The fraction of sp³-hybridized carbons (Fsp3) is 0.0714. The normalized spacial score (nSPS) is 10.7. The average molecular weight is 373 g/mol. The largest absolute Gasteiger partial charge is 0.398 e. The van der Waals surface area contributed by atoms with Crippen LogP contribution in [0.25, 0.3) is 0 Å². The molecule has 2 aromatic carbocycles. The van der Waals surface area contributed by atoms with Crippen molar-refractivity contribution < 1.29 is 13.6 Å². The van der Waals surface area contributed by atoms with Crippen LogP contribution in [0.5, 0.6) is 0 Å². The van der Waals surface area contributed by atoms with Crippen LogP contribution in [0.15, 0.2) is 51.8 Å². The van der Waals surface area contributed by atoms with E-state index in [-0.39, 0.29) is 5.91 Å². The number of thioether (sulfide) groups is 1. The van der Waals surface area contributed by atoms with Crippen LogP contribution in [0.4, 0.5) is 20.2 Å². The second kappa shape index (κ2) is 6.91. The van der Waals surface area contributed by atoms with Crippen molar-refractivity contribution in [3.63, 3.8) is 0 Å². The molecule has 0 spiro atoms. The first-order valence-electron chi connectivity index (χ1n) is 5.87. The van der Waals surface area contributed by atoms with Gasteiger partial charge in [-0.05, 0) is 58.4 Å². The number of nitrogens with two attached hydrogens (primary N) is 1. The van der Waals surface area contributed by atoms with E-state index in [0.717, 1.165) is 0 Å².